The van der Waals surface area contributed by atoms with E-state index in [0.29, 0.717) is 13.2 Å². The van der Waals surface area contributed by atoms with Crippen LogP contribution >= 0.6 is 0 Å². The van der Waals surface area contributed by atoms with Crippen molar-refractivity contribution in [1.82, 2.24) is 10.6 Å². The van der Waals surface area contributed by atoms with Crippen molar-refractivity contribution in [3.63, 3.8) is 0 Å². The highest BCUT2D eigenvalue weighted by atomic mass is 16.5. The topological polar surface area (TPSA) is 84.5 Å². The summed E-state index contributed by atoms with van der Waals surface area (Å²) in [5.74, 6) is -0.959. The average molecular weight is 244 g/mol. The van der Waals surface area contributed by atoms with Gasteiger partial charge in [0.2, 0.25) is 11.8 Å². The van der Waals surface area contributed by atoms with Crippen molar-refractivity contribution in [3.05, 3.63) is 0 Å². The largest absolute Gasteiger partial charge is 0.466 e. The zero-order valence-electron chi connectivity index (χ0n) is 10.4. The molecule has 2 N–H and O–H groups in total. The number of rotatable bonds is 8. The van der Waals surface area contributed by atoms with Gasteiger partial charge < -0.3 is 15.4 Å². The van der Waals surface area contributed by atoms with Crippen molar-refractivity contribution in [1.29, 1.82) is 0 Å². The fraction of sp³-hybridized carbons (Fsp3) is 0.727. The first-order valence-electron chi connectivity index (χ1n) is 5.79. The van der Waals surface area contributed by atoms with E-state index in [4.69, 9.17) is 0 Å². The molecule has 0 atom stereocenters. The molecule has 6 heteroatoms. The molecule has 0 unspecified atom stereocenters. The van der Waals surface area contributed by atoms with Crippen LogP contribution in [0.4, 0.5) is 0 Å². The molecule has 0 heterocycles. The molecule has 0 radical (unpaired) electrons. The Bertz CT molecular complexity index is 266. The minimum Gasteiger partial charge on any atom is -0.466 e. The number of carbonyl (C=O) groups is 3. The summed E-state index contributed by atoms with van der Waals surface area (Å²) in [5.41, 5.74) is 0. The minimum absolute atomic E-state index is 0.0379. The summed E-state index contributed by atoms with van der Waals surface area (Å²) >= 11 is 0. The number of amides is 2. The molecule has 0 rings (SSSR count). The average Bonchev–Trinajstić information content (AvgIpc) is 2.31. The van der Waals surface area contributed by atoms with Crippen molar-refractivity contribution in [2.45, 2.75) is 33.1 Å². The molecule has 0 fully saturated rings. The van der Waals surface area contributed by atoms with E-state index >= 15 is 0 Å². The van der Waals surface area contributed by atoms with E-state index in [0.717, 1.165) is 6.42 Å². The van der Waals surface area contributed by atoms with Gasteiger partial charge in [0.1, 0.15) is 0 Å². The number of nitrogens with one attached hydrogen (secondary N) is 2. The van der Waals surface area contributed by atoms with Gasteiger partial charge in [0.05, 0.1) is 19.6 Å². The van der Waals surface area contributed by atoms with Crippen LogP contribution in [-0.4, -0.2) is 37.5 Å². The second kappa shape index (κ2) is 9.62. The number of ether oxygens (including phenoxy) is 1. The normalized spacial score (nSPS) is 9.53. The molecule has 0 aromatic carbocycles. The third kappa shape index (κ3) is 9.35. The Labute approximate surface area is 101 Å². The number of hydrogen-bond donors (Lipinski definition) is 2. The molecule has 0 saturated carbocycles. The van der Waals surface area contributed by atoms with Gasteiger partial charge in [-0.15, -0.1) is 0 Å². The molecule has 0 aromatic heterocycles. The first kappa shape index (κ1) is 15.4. The molecule has 0 aliphatic heterocycles. The fourth-order valence-corrected chi connectivity index (χ4v) is 1.04. The van der Waals surface area contributed by atoms with Gasteiger partial charge in [-0.2, -0.15) is 0 Å². The number of hydrogen-bond acceptors (Lipinski definition) is 4. The Morgan fingerprint density at radius 1 is 1.00 bits per heavy atom. The predicted molar refractivity (Wildman–Crippen MR) is 62.2 cm³/mol. The highest BCUT2D eigenvalue weighted by molar-refractivity contribution is 5.86. The molecule has 98 valence electrons. The van der Waals surface area contributed by atoms with E-state index in [2.05, 4.69) is 15.4 Å². The van der Waals surface area contributed by atoms with Crippen LogP contribution in [-0.2, 0) is 19.1 Å². The Kier molecular flexibility index (Phi) is 8.72. The second-order valence-electron chi connectivity index (χ2n) is 3.43. The van der Waals surface area contributed by atoms with Crippen LogP contribution in [0.2, 0.25) is 0 Å². The maximum atomic E-state index is 11.2. The summed E-state index contributed by atoms with van der Waals surface area (Å²) in [6.07, 6.45) is 0.929. The SMILES string of the molecule is CCCNC(=O)CNC(=O)CCC(=O)OCC. The molecular formula is C11H20N2O4. The predicted octanol–water partition coefficient (Wildman–Crippen LogP) is -0.0279. The molecule has 2 amide bonds. The summed E-state index contributed by atoms with van der Waals surface area (Å²) in [6, 6.07) is 0. The van der Waals surface area contributed by atoms with Gasteiger partial charge in [-0.3, -0.25) is 14.4 Å². The third-order valence-electron chi connectivity index (χ3n) is 1.88. The van der Waals surface area contributed by atoms with Crippen LogP contribution in [0.25, 0.3) is 0 Å². The van der Waals surface area contributed by atoms with Crippen LogP contribution in [0.5, 0.6) is 0 Å². The Balaban J connectivity index is 3.59. The highest BCUT2D eigenvalue weighted by Crippen LogP contribution is 1.92. The molecule has 0 aliphatic rings. The van der Waals surface area contributed by atoms with E-state index in [1.807, 2.05) is 6.92 Å². The van der Waals surface area contributed by atoms with Crippen LogP contribution in [0.15, 0.2) is 0 Å². The van der Waals surface area contributed by atoms with Gasteiger partial charge >= 0.3 is 5.97 Å². The van der Waals surface area contributed by atoms with E-state index < -0.39 is 5.97 Å². The molecule has 0 aromatic rings. The zero-order chi connectivity index (χ0) is 13.1. The molecule has 0 spiro atoms. The van der Waals surface area contributed by atoms with Crippen molar-refractivity contribution in [2.24, 2.45) is 0 Å². The molecule has 0 bridgehead atoms. The van der Waals surface area contributed by atoms with Crippen molar-refractivity contribution >= 4 is 17.8 Å². The highest BCUT2D eigenvalue weighted by Gasteiger charge is 2.08. The number of carbonyl (C=O) groups excluding carboxylic acids is 3. The van der Waals surface area contributed by atoms with Crippen molar-refractivity contribution in [3.8, 4) is 0 Å². The summed E-state index contributed by atoms with van der Waals surface area (Å²) in [6.45, 7) is 4.49. The van der Waals surface area contributed by atoms with Gasteiger partial charge in [0, 0.05) is 13.0 Å². The standard InChI is InChI=1S/C11H20N2O4/c1-3-7-12-10(15)8-13-9(14)5-6-11(16)17-4-2/h3-8H2,1-2H3,(H,12,15)(H,13,14). The molecule has 0 aliphatic carbocycles. The summed E-state index contributed by atoms with van der Waals surface area (Å²) in [4.78, 5) is 33.3. The Morgan fingerprint density at radius 3 is 2.29 bits per heavy atom. The molecule has 0 saturated heterocycles. The molecule has 17 heavy (non-hydrogen) atoms. The summed E-state index contributed by atoms with van der Waals surface area (Å²) in [5, 5.41) is 5.06. The third-order valence-corrected chi connectivity index (χ3v) is 1.88. The van der Waals surface area contributed by atoms with E-state index in [-0.39, 0.29) is 31.2 Å². The zero-order valence-corrected chi connectivity index (χ0v) is 10.4. The molecular weight excluding hydrogens is 224 g/mol. The van der Waals surface area contributed by atoms with Crippen molar-refractivity contribution < 1.29 is 19.1 Å². The lowest BCUT2D eigenvalue weighted by atomic mass is 10.3. The Morgan fingerprint density at radius 2 is 1.71 bits per heavy atom. The summed E-state index contributed by atoms with van der Waals surface area (Å²) < 4.78 is 4.67. The van der Waals surface area contributed by atoms with E-state index in [9.17, 15) is 14.4 Å². The second-order valence-corrected chi connectivity index (χ2v) is 3.43. The monoisotopic (exact) mass is 244 g/mol. The van der Waals surface area contributed by atoms with E-state index in [1.165, 1.54) is 0 Å². The van der Waals surface area contributed by atoms with Gasteiger partial charge in [-0.25, -0.2) is 0 Å². The molecule has 6 nitrogen and oxygen atoms in total. The lowest BCUT2D eigenvalue weighted by Gasteiger charge is -2.05. The van der Waals surface area contributed by atoms with Crippen LogP contribution < -0.4 is 10.6 Å². The number of esters is 1. The smallest absolute Gasteiger partial charge is 0.306 e. The Hall–Kier alpha value is -1.59. The maximum Gasteiger partial charge on any atom is 0.306 e. The van der Waals surface area contributed by atoms with Gasteiger partial charge in [0.25, 0.3) is 0 Å². The van der Waals surface area contributed by atoms with Gasteiger partial charge in [-0.1, -0.05) is 6.92 Å². The van der Waals surface area contributed by atoms with Crippen LogP contribution in [0.1, 0.15) is 33.1 Å². The van der Waals surface area contributed by atoms with Gasteiger partial charge in [0.15, 0.2) is 0 Å². The lowest BCUT2D eigenvalue weighted by Crippen LogP contribution is -2.37. The van der Waals surface area contributed by atoms with E-state index in [1.54, 1.807) is 6.92 Å². The lowest BCUT2D eigenvalue weighted by molar-refractivity contribution is -0.144. The first-order chi connectivity index (χ1) is 8.10. The van der Waals surface area contributed by atoms with Crippen LogP contribution in [0.3, 0.4) is 0 Å². The van der Waals surface area contributed by atoms with Crippen molar-refractivity contribution in [2.75, 3.05) is 19.7 Å². The minimum atomic E-state index is -0.405. The quantitative estimate of drug-likeness (QED) is 0.587. The fourth-order valence-electron chi connectivity index (χ4n) is 1.04. The maximum absolute atomic E-state index is 11.2. The van der Waals surface area contributed by atoms with Crippen LogP contribution in [0, 0.1) is 0 Å². The first-order valence-corrected chi connectivity index (χ1v) is 5.79. The van der Waals surface area contributed by atoms with Gasteiger partial charge in [-0.05, 0) is 13.3 Å². The summed E-state index contributed by atoms with van der Waals surface area (Å²) in [7, 11) is 0.